The van der Waals surface area contributed by atoms with E-state index in [1.54, 1.807) is 4.31 Å². The molecule has 2 aromatic rings. The maximum atomic E-state index is 12.8. The molecule has 1 aromatic carbocycles. The lowest BCUT2D eigenvalue weighted by atomic mass is 9.87. The van der Waals surface area contributed by atoms with Gasteiger partial charge in [0.05, 0.1) is 36.1 Å². The van der Waals surface area contributed by atoms with E-state index in [0.717, 1.165) is 11.3 Å². The summed E-state index contributed by atoms with van der Waals surface area (Å²) in [6.07, 6.45) is 9.37. The minimum atomic E-state index is -3.34. The number of fused-ring (bicyclic) bond motifs is 1. The third-order valence-electron chi connectivity index (χ3n) is 6.62. The highest BCUT2D eigenvalue weighted by atomic mass is 32.2. The van der Waals surface area contributed by atoms with Gasteiger partial charge in [-0.15, -0.1) is 0 Å². The number of nitrogens with zero attached hydrogens (tertiary/aromatic N) is 3. The molecule has 2 aliphatic rings. The average molecular weight is 442 g/mol. The molecule has 4 rings (SSSR count). The van der Waals surface area contributed by atoms with E-state index in [1.807, 2.05) is 55.9 Å². The molecule has 0 radical (unpaired) electrons. The van der Waals surface area contributed by atoms with Gasteiger partial charge in [-0.3, -0.25) is 0 Å². The lowest BCUT2D eigenvalue weighted by Gasteiger charge is -2.34. The Labute approximate surface area is 185 Å². The number of sulfonamides is 1. The number of benzene rings is 1. The van der Waals surface area contributed by atoms with Crippen LogP contribution in [0.3, 0.4) is 0 Å². The van der Waals surface area contributed by atoms with Crippen molar-refractivity contribution < 1.29 is 13.5 Å². The van der Waals surface area contributed by atoms with Crippen LogP contribution in [0.15, 0.2) is 60.6 Å². The fourth-order valence-electron chi connectivity index (χ4n) is 4.88. The first kappa shape index (κ1) is 22.0. The summed E-state index contributed by atoms with van der Waals surface area (Å²) < 4.78 is 29.3. The maximum absolute atomic E-state index is 12.8. The monoisotopic (exact) mass is 441 g/mol. The van der Waals surface area contributed by atoms with Gasteiger partial charge in [-0.05, 0) is 55.7 Å². The van der Waals surface area contributed by atoms with Crippen molar-refractivity contribution in [1.29, 1.82) is 0 Å². The topological polar surface area (TPSA) is 75.4 Å². The van der Waals surface area contributed by atoms with Crippen LogP contribution in [-0.4, -0.2) is 46.6 Å². The van der Waals surface area contributed by atoms with Crippen LogP contribution in [0, 0.1) is 5.92 Å². The molecule has 2 unspecified atom stereocenters. The predicted molar refractivity (Wildman–Crippen MR) is 123 cm³/mol. The zero-order valence-corrected chi connectivity index (χ0v) is 19.0. The van der Waals surface area contributed by atoms with E-state index in [1.165, 1.54) is 11.1 Å². The second-order valence-corrected chi connectivity index (χ2v) is 10.5. The number of hydrogen-bond donors (Lipinski definition) is 1. The number of aromatic nitrogens is 2. The van der Waals surface area contributed by atoms with Crippen molar-refractivity contribution in [3.05, 3.63) is 71.8 Å². The van der Waals surface area contributed by atoms with Crippen molar-refractivity contribution in [3.8, 4) is 0 Å². The van der Waals surface area contributed by atoms with Gasteiger partial charge in [0.2, 0.25) is 10.0 Å². The highest BCUT2D eigenvalue weighted by Crippen LogP contribution is 2.40. The summed E-state index contributed by atoms with van der Waals surface area (Å²) in [5, 5.41) is 11.0. The molecule has 0 saturated carbocycles. The van der Waals surface area contributed by atoms with E-state index in [2.05, 4.69) is 22.6 Å². The van der Waals surface area contributed by atoms with Crippen molar-refractivity contribution in [2.24, 2.45) is 5.92 Å². The van der Waals surface area contributed by atoms with Gasteiger partial charge in [-0.2, -0.15) is 0 Å². The Bertz CT molecular complexity index is 1060. The van der Waals surface area contributed by atoms with Gasteiger partial charge >= 0.3 is 0 Å². The van der Waals surface area contributed by atoms with Gasteiger partial charge in [0.1, 0.15) is 0 Å². The first-order valence-electron chi connectivity index (χ1n) is 11.0. The molecule has 0 spiro atoms. The lowest BCUT2D eigenvalue weighted by Crippen LogP contribution is -2.42. The van der Waals surface area contributed by atoms with Gasteiger partial charge in [0, 0.05) is 13.1 Å². The largest absolute Gasteiger partial charge is 0.393 e. The Morgan fingerprint density at radius 3 is 2.61 bits per heavy atom. The van der Waals surface area contributed by atoms with E-state index in [4.69, 9.17) is 0 Å². The Morgan fingerprint density at radius 2 is 1.94 bits per heavy atom. The lowest BCUT2D eigenvalue weighted by molar-refractivity contribution is 0.0611. The smallest absolute Gasteiger partial charge is 0.218 e. The molecule has 2 atom stereocenters. The highest BCUT2D eigenvalue weighted by Gasteiger charge is 2.35. The van der Waals surface area contributed by atoms with E-state index in [-0.39, 0.29) is 17.7 Å². The van der Waals surface area contributed by atoms with E-state index < -0.39 is 16.1 Å². The Morgan fingerprint density at radius 1 is 1.23 bits per heavy atom. The van der Waals surface area contributed by atoms with E-state index in [9.17, 15) is 13.5 Å². The van der Waals surface area contributed by atoms with Crippen LogP contribution in [0.4, 0.5) is 0 Å². The number of aliphatic hydroxyl groups excluding tert-OH is 1. The summed E-state index contributed by atoms with van der Waals surface area (Å²) in [6, 6.07) is 9.37. The molecule has 0 amide bonds. The van der Waals surface area contributed by atoms with Crippen molar-refractivity contribution in [2.45, 2.75) is 51.0 Å². The van der Waals surface area contributed by atoms with Crippen molar-refractivity contribution in [1.82, 2.24) is 13.9 Å². The summed E-state index contributed by atoms with van der Waals surface area (Å²) in [6.45, 7) is 5.04. The predicted octanol–water partition coefficient (Wildman–Crippen LogP) is 3.78. The van der Waals surface area contributed by atoms with Gasteiger partial charge in [-0.1, -0.05) is 42.5 Å². The standard InChI is InChI=1S/C24H31N3O3S/c1-3-7-21-18(2)23-15-25-17-27(23)22(21)14-24(28)20-10-12-26(13-11-20)31(29,30)16-19-8-5-4-6-9-19/h3-9,15,17,20,22,24,28H,10-14,16H2,1-2H3. The van der Waals surface area contributed by atoms with Crippen LogP contribution >= 0.6 is 0 Å². The van der Waals surface area contributed by atoms with Gasteiger partial charge in [0.15, 0.2) is 0 Å². The van der Waals surface area contributed by atoms with Crippen LogP contribution in [0.25, 0.3) is 5.57 Å². The molecule has 1 N–H and O–H groups in total. The van der Waals surface area contributed by atoms with Gasteiger partial charge < -0.3 is 9.67 Å². The molecule has 0 aliphatic carbocycles. The first-order chi connectivity index (χ1) is 14.9. The molecule has 166 valence electrons. The first-order valence-corrected chi connectivity index (χ1v) is 12.6. The number of rotatable bonds is 7. The summed E-state index contributed by atoms with van der Waals surface area (Å²) in [5.74, 6) is 0.131. The zero-order valence-electron chi connectivity index (χ0n) is 18.2. The van der Waals surface area contributed by atoms with Crippen molar-refractivity contribution in [3.63, 3.8) is 0 Å². The number of imidazole rings is 1. The quantitative estimate of drug-likeness (QED) is 0.710. The molecular formula is C24H31N3O3S. The van der Waals surface area contributed by atoms with E-state index >= 15 is 0 Å². The van der Waals surface area contributed by atoms with Crippen molar-refractivity contribution in [2.75, 3.05) is 13.1 Å². The maximum Gasteiger partial charge on any atom is 0.218 e. The molecule has 0 bridgehead atoms. The number of piperidine rings is 1. The molecule has 2 aliphatic heterocycles. The minimum absolute atomic E-state index is 0.0311. The molecule has 6 nitrogen and oxygen atoms in total. The summed E-state index contributed by atoms with van der Waals surface area (Å²) in [5.41, 5.74) is 4.34. The highest BCUT2D eigenvalue weighted by molar-refractivity contribution is 7.88. The summed E-state index contributed by atoms with van der Waals surface area (Å²) in [7, 11) is -3.34. The van der Waals surface area contributed by atoms with Crippen LogP contribution < -0.4 is 0 Å². The molecule has 1 fully saturated rings. The number of aliphatic hydroxyl groups is 1. The summed E-state index contributed by atoms with van der Waals surface area (Å²) >= 11 is 0. The van der Waals surface area contributed by atoms with Crippen LogP contribution in [0.5, 0.6) is 0 Å². The summed E-state index contributed by atoms with van der Waals surface area (Å²) in [4.78, 5) is 4.28. The molecule has 7 heteroatoms. The molecule has 3 heterocycles. The number of allylic oxidation sites excluding steroid dienone is 4. The van der Waals surface area contributed by atoms with Crippen LogP contribution in [0.2, 0.25) is 0 Å². The third kappa shape index (κ3) is 4.54. The van der Waals surface area contributed by atoms with Crippen molar-refractivity contribution >= 4 is 15.6 Å². The second kappa shape index (κ2) is 9.10. The van der Waals surface area contributed by atoms with Gasteiger partial charge in [0.25, 0.3) is 0 Å². The zero-order chi connectivity index (χ0) is 22.0. The Kier molecular flexibility index (Phi) is 6.46. The molecule has 1 saturated heterocycles. The molecule has 31 heavy (non-hydrogen) atoms. The molecular weight excluding hydrogens is 410 g/mol. The Balaban J connectivity index is 1.38. The van der Waals surface area contributed by atoms with Crippen LogP contribution in [0.1, 0.15) is 50.4 Å². The fourth-order valence-corrected chi connectivity index (χ4v) is 6.45. The molecule has 1 aromatic heterocycles. The second-order valence-electron chi connectivity index (χ2n) is 8.56. The minimum Gasteiger partial charge on any atom is -0.393 e. The number of hydrogen-bond acceptors (Lipinski definition) is 4. The van der Waals surface area contributed by atoms with Crippen LogP contribution in [-0.2, 0) is 15.8 Å². The van der Waals surface area contributed by atoms with Gasteiger partial charge in [-0.25, -0.2) is 17.7 Å². The Hall–Kier alpha value is -2.22. The van der Waals surface area contributed by atoms with E-state index in [0.29, 0.717) is 32.4 Å². The average Bonchev–Trinajstić information content (AvgIpc) is 3.33. The third-order valence-corrected chi connectivity index (χ3v) is 8.47. The SMILES string of the molecule is CC=CC1=C(C)c2cncn2C1CC(O)C1CCN(S(=O)(=O)Cc2ccccc2)CC1. The fraction of sp³-hybridized carbons (Fsp3) is 0.458. The normalized spacial score (nSPS) is 21.7.